The minimum atomic E-state index is -4.08. The molecule has 4 nitrogen and oxygen atoms in total. The summed E-state index contributed by atoms with van der Waals surface area (Å²) >= 11 is 0. The van der Waals surface area contributed by atoms with Crippen molar-refractivity contribution in [1.82, 2.24) is 0 Å². The highest BCUT2D eigenvalue weighted by molar-refractivity contribution is 7.85. The predicted octanol–water partition coefficient (Wildman–Crippen LogP) is 1.23. The van der Waals surface area contributed by atoms with Crippen molar-refractivity contribution in [2.45, 2.75) is 24.7 Å². The maximum Gasteiger partial charge on any atom is 0.294 e. The van der Waals surface area contributed by atoms with Crippen LogP contribution in [0.4, 0.5) is 0 Å². The van der Waals surface area contributed by atoms with E-state index in [1.54, 1.807) is 18.2 Å². The number of hydrogen-bond acceptors (Lipinski definition) is 2. The Hall–Kier alpha value is -0.910. The van der Waals surface area contributed by atoms with Gasteiger partial charge in [-0.15, -0.1) is 0 Å². The fourth-order valence-corrected chi connectivity index (χ4v) is 2.04. The van der Waals surface area contributed by atoms with Crippen LogP contribution in [0.2, 0.25) is 0 Å². The van der Waals surface area contributed by atoms with Gasteiger partial charge < -0.3 is 5.48 Å². The van der Waals surface area contributed by atoms with Gasteiger partial charge in [-0.1, -0.05) is 32.0 Å². The highest BCUT2D eigenvalue weighted by atomic mass is 32.2. The minimum Gasteiger partial charge on any atom is -0.412 e. The third-order valence-corrected chi connectivity index (χ3v) is 2.75. The molecule has 0 bridgehead atoms. The summed E-state index contributed by atoms with van der Waals surface area (Å²) in [7, 11) is -4.08. The van der Waals surface area contributed by atoms with Crippen molar-refractivity contribution in [2.24, 2.45) is 0 Å². The fraction of sp³-hybridized carbons (Fsp3) is 0.333. The Morgan fingerprint density at radius 2 is 1.71 bits per heavy atom. The van der Waals surface area contributed by atoms with Crippen LogP contribution in [0.15, 0.2) is 29.2 Å². The van der Waals surface area contributed by atoms with Gasteiger partial charge in [0.25, 0.3) is 10.1 Å². The van der Waals surface area contributed by atoms with Gasteiger partial charge in [0.2, 0.25) is 0 Å². The second kappa shape index (κ2) is 4.54. The zero-order valence-corrected chi connectivity index (χ0v) is 8.88. The standard InChI is InChI=1S/C9H12O3S.H2O/c1-7(2)8-5-3-4-6-9(8)13(10,11)12;/h3-7H,1-2H3,(H,10,11,12);1H2. The Labute approximate surface area is 83.6 Å². The fourth-order valence-electron chi connectivity index (χ4n) is 1.19. The van der Waals surface area contributed by atoms with Gasteiger partial charge in [0, 0.05) is 0 Å². The maximum atomic E-state index is 10.9. The van der Waals surface area contributed by atoms with Gasteiger partial charge >= 0.3 is 0 Å². The Bertz CT molecular complexity index is 395. The molecule has 5 heteroatoms. The van der Waals surface area contributed by atoms with Crippen LogP contribution in [-0.2, 0) is 10.1 Å². The van der Waals surface area contributed by atoms with Gasteiger partial charge in [-0.3, -0.25) is 4.55 Å². The molecular weight excluding hydrogens is 204 g/mol. The molecule has 0 radical (unpaired) electrons. The third-order valence-electron chi connectivity index (χ3n) is 1.82. The van der Waals surface area contributed by atoms with Crippen molar-refractivity contribution in [3.63, 3.8) is 0 Å². The normalized spacial score (nSPS) is 11.1. The summed E-state index contributed by atoms with van der Waals surface area (Å²) in [6.45, 7) is 3.76. The van der Waals surface area contributed by atoms with Gasteiger partial charge in [0.1, 0.15) is 0 Å². The van der Waals surface area contributed by atoms with E-state index < -0.39 is 10.1 Å². The van der Waals surface area contributed by atoms with Crippen LogP contribution in [0.5, 0.6) is 0 Å². The molecular formula is C9H14O4S. The Morgan fingerprint density at radius 3 is 2.07 bits per heavy atom. The molecule has 0 spiro atoms. The lowest BCUT2D eigenvalue weighted by Gasteiger charge is -2.09. The molecule has 80 valence electrons. The smallest absolute Gasteiger partial charge is 0.294 e. The SMILES string of the molecule is CC(C)c1ccccc1S(=O)(=O)O.O. The van der Waals surface area contributed by atoms with E-state index in [1.807, 2.05) is 13.8 Å². The lowest BCUT2D eigenvalue weighted by atomic mass is 10.0. The molecule has 0 aliphatic carbocycles. The topological polar surface area (TPSA) is 85.9 Å². The van der Waals surface area contributed by atoms with Crippen molar-refractivity contribution >= 4 is 10.1 Å². The third kappa shape index (κ3) is 2.80. The lowest BCUT2D eigenvalue weighted by Crippen LogP contribution is -2.03. The number of benzene rings is 1. The zero-order chi connectivity index (χ0) is 10.1. The van der Waals surface area contributed by atoms with E-state index in [-0.39, 0.29) is 16.3 Å². The molecule has 0 saturated carbocycles. The molecule has 1 aromatic carbocycles. The molecule has 0 fully saturated rings. The maximum absolute atomic E-state index is 10.9. The van der Waals surface area contributed by atoms with Crippen molar-refractivity contribution in [2.75, 3.05) is 0 Å². The van der Waals surface area contributed by atoms with E-state index in [0.29, 0.717) is 5.56 Å². The first-order valence-electron chi connectivity index (χ1n) is 3.99. The second-order valence-electron chi connectivity index (χ2n) is 3.17. The zero-order valence-electron chi connectivity index (χ0n) is 8.06. The second-order valence-corrected chi connectivity index (χ2v) is 4.56. The number of hydrogen-bond donors (Lipinski definition) is 1. The lowest BCUT2D eigenvalue weighted by molar-refractivity contribution is 0.481. The molecule has 0 aromatic heterocycles. The molecule has 1 aromatic rings. The average molecular weight is 218 g/mol. The molecule has 0 aliphatic rings. The van der Waals surface area contributed by atoms with Gasteiger partial charge in [0.15, 0.2) is 0 Å². The molecule has 0 atom stereocenters. The van der Waals surface area contributed by atoms with Gasteiger partial charge in [-0.25, -0.2) is 0 Å². The van der Waals surface area contributed by atoms with E-state index in [2.05, 4.69) is 0 Å². The molecule has 0 heterocycles. The summed E-state index contributed by atoms with van der Waals surface area (Å²) in [5, 5.41) is 0. The molecule has 14 heavy (non-hydrogen) atoms. The van der Waals surface area contributed by atoms with E-state index >= 15 is 0 Å². The van der Waals surface area contributed by atoms with Gasteiger partial charge in [-0.2, -0.15) is 8.42 Å². The van der Waals surface area contributed by atoms with Crippen molar-refractivity contribution in [3.05, 3.63) is 29.8 Å². The molecule has 0 saturated heterocycles. The van der Waals surface area contributed by atoms with Crippen LogP contribution in [0, 0.1) is 0 Å². The summed E-state index contributed by atoms with van der Waals surface area (Å²) < 4.78 is 30.7. The highest BCUT2D eigenvalue weighted by Gasteiger charge is 2.15. The Kier molecular flexibility index (Phi) is 4.25. The summed E-state index contributed by atoms with van der Waals surface area (Å²) in [5.74, 6) is 0.0816. The molecule has 3 N–H and O–H groups in total. The van der Waals surface area contributed by atoms with Gasteiger partial charge in [0.05, 0.1) is 4.90 Å². The quantitative estimate of drug-likeness (QED) is 0.757. The highest BCUT2D eigenvalue weighted by Crippen LogP contribution is 2.22. The van der Waals surface area contributed by atoms with E-state index in [4.69, 9.17) is 4.55 Å². The molecule has 0 amide bonds. The summed E-state index contributed by atoms with van der Waals surface area (Å²) in [6, 6.07) is 6.46. The average Bonchev–Trinajstić information content (AvgIpc) is 2.03. The summed E-state index contributed by atoms with van der Waals surface area (Å²) in [4.78, 5) is 0.00463. The van der Waals surface area contributed by atoms with Crippen LogP contribution >= 0.6 is 0 Å². The van der Waals surface area contributed by atoms with E-state index in [0.717, 1.165) is 0 Å². The van der Waals surface area contributed by atoms with Crippen LogP contribution in [-0.4, -0.2) is 18.4 Å². The predicted molar refractivity (Wildman–Crippen MR) is 54.0 cm³/mol. The first-order valence-corrected chi connectivity index (χ1v) is 5.43. The largest absolute Gasteiger partial charge is 0.412 e. The van der Waals surface area contributed by atoms with E-state index in [1.165, 1.54) is 6.07 Å². The monoisotopic (exact) mass is 218 g/mol. The molecule has 0 aliphatic heterocycles. The van der Waals surface area contributed by atoms with Crippen LogP contribution in [0.3, 0.4) is 0 Å². The van der Waals surface area contributed by atoms with Gasteiger partial charge in [-0.05, 0) is 17.5 Å². The number of rotatable bonds is 2. The van der Waals surface area contributed by atoms with Crippen LogP contribution in [0.25, 0.3) is 0 Å². The first-order chi connectivity index (χ1) is 5.93. The van der Waals surface area contributed by atoms with Crippen molar-refractivity contribution < 1.29 is 18.4 Å². The Balaban J connectivity index is 0.00000169. The first kappa shape index (κ1) is 13.1. The van der Waals surface area contributed by atoms with Crippen molar-refractivity contribution in [3.8, 4) is 0 Å². The summed E-state index contributed by atoms with van der Waals surface area (Å²) in [5.41, 5.74) is 0.644. The van der Waals surface area contributed by atoms with Crippen LogP contribution in [0.1, 0.15) is 25.3 Å². The summed E-state index contributed by atoms with van der Waals surface area (Å²) in [6.07, 6.45) is 0. The van der Waals surface area contributed by atoms with Crippen LogP contribution < -0.4 is 0 Å². The Morgan fingerprint density at radius 1 is 1.21 bits per heavy atom. The van der Waals surface area contributed by atoms with E-state index in [9.17, 15) is 8.42 Å². The minimum absolute atomic E-state index is 0. The molecule has 0 unspecified atom stereocenters. The van der Waals surface area contributed by atoms with Crippen molar-refractivity contribution in [1.29, 1.82) is 0 Å². The molecule has 1 rings (SSSR count).